The van der Waals surface area contributed by atoms with Crippen molar-refractivity contribution in [3.63, 3.8) is 0 Å². The molecule has 3 heterocycles. The Labute approximate surface area is 113 Å². The number of likely N-dealkylation sites (tertiary alicyclic amines) is 1. The maximum Gasteiger partial charge on any atom is 0.146 e. The van der Waals surface area contributed by atoms with Gasteiger partial charge in [-0.1, -0.05) is 0 Å². The van der Waals surface area contributed by atoms with Crippen LogP contribution < -0.4 is 0 Å². The summed E-state index contributed by atoms with van der Waals surface area (Å²) in [6, 6.07) is 4.36. The van der Waals surface area contributed by atoms with Gasteiger partial charge in [0.25, 0.3) is 0 Å². The summed E-state index contributed by atoms with van der Waals surface area (Å²) in [5.74, 6) is 0.927. The van der Waals surface area contributed by atoms with E-state index in [1.165, 1.54) is 6.42 Å². The van der Waals surface area contributed by atoms with E-state index < -0.39 is 0 Å². The minimum atomic E-state index is 0.346. The van der Waals surface area contributed by atoms with E-state index in [0.29, 0.717) is 6.04 Å². The molecule has 0 amide bonds. The van der Waals surface area contributed by atoms with E-state index in [4.69, 9.17) is 4.98 Å². The van der Waals surface area contributed by atoms with Crippen LogP contribution in [0.1, 0.15) is 36.1 Å². The lowest BCUT2D eigenvalue weighted by Gasteiger charge is -2.18. The summed E-state index contributed by atoms with van der Waals surface area (Å²) in [5, 5.41) is 7.25. The van der Waals surface area contributed by atoms with Gasteiger partial charge in [-0.25, -0.2) is 9.97 Å². The Morgan fingerprint density at radius 3 is 2.68 bits per heavy atom. The number of aromatic nitrogens is 4. The maximum atomic E-state index is 4.71. The number of rotatable bonds is 2. The summed E-state index contributed by atoms with van der Waals surface area (Å²) in [7, 11) is 2.14. The normalized spacial score (nSPS) is 20.1. The van der Waals surface area contributed by atoms with Gasteiger partial charge in [0.1, 0.15) is 11.5 Å². The summed E-state index contributed by atoms with van der Waals surface area (Å²) in [4.78, 5) is 11.6. The number of aryl methyl sites for hydroxylation is 2. The molecule has 1 saturated heterocycles. The highest BCUT2D eigenvalue weighted by Crippen LogP contribution is 2.29. The van der Waals surface area contributed by atoms with Gasteiger partial charge in [0.15, 0.2) is 0 Å². The molecular weight excluding hydrogens is 238 g/mol. The Bertz CT molecular complexity index is 589. The Morgan fingerprint density at radius 1 is 1.21 bits per heavy atom. The molecule has 19 heavy (non-hydrogen) atoms. The van der Waals surface area contributed by atoms with Crippen molar-refractivity contribution in [2.45, 2.75) is 32.7 Å². The van der Waals surface area contributed by atoms with E-state index in [1.807, 2.05) is 26.0 Å². The van der Waals surface area contributed by atoms with Crippen LogP contribution in [0.25, 0.3) is 11.4 Å². The molecule has 0 bridgehead atoms. The van der Waals surface area contributed by atoms with Crippen LogP contribution in [-0.4, -0.2) is 38.7 Å². The van der Waals surface area contributed by atoms with E-state index in [2.05, 4.69) is 27.1 Å². The molecule has 1 aliphatic rings. The second-order valence-corrected chi connectivity index (χ2v) is 5.33. The Balaban J connectivity index is 2.00. The summed E-state index contributed by atoms with van der Waals surface area (Å²) >= 11 is 0. The molecule has 5 heteroatoms. The third kappa shape index (κ3) is 2.38. The molecule has 0 radical (unpaired) electrons. The van der Waals surface area contributed by atoms with Crippen molar-refractivity contribution >= 4 is 0 Å². The van der Waals surface area contributed by atoms with E-state index in [0.717, 1.165) is 41.6 Å². The number of hydrogen-bond acceptors (Lipinski definition) is 4. The van der Waals surface area contributed by atoms with Crippen LogP contribution in [0.3, 0.4) is 0 Å². The quantitative estimate of drug-likeness (QED) is 0.896. The highest BCUT2D eigenvalue weighted by Gasteiger charge is 2.25. The number of nitrogens with zero attached hydrogens (tertiary/aromatic N) is 4. The van der Waals surface area contributed by atoms with Gasteiger partial charge in [-0.3, -0.25) is 10.00 Å². The molecule has 1 unspecified atom stereocenters. The number of hydrogen-bond donors (Lipinski definition) is 1. The van der Waals surface area contributed by atoms with Gasteiger partial charge in [-0.2, -0.15) is 5.10 Å². The first-order valence-electron chi connectivity index (χ1n) is 6.71. The molecule has 1 N–H and O–H groups in total. The highest BCUT2D eigenvalue weighted by molar-refractivity contribution is 5.54. The van der Waals surface area contributed by atoms with E-state index in [-0.39, 0.29) is 0 Å². The van der Waals surface area contributed by atoms with Crippen molar-refractivity contribution in [2.75, 3.05) is 13.6 Å². The SMILES string of the molecule is Cc1cc(-c2cc(C)[nH]n2)nc(C2CCCN2C)n1. The Morgan fingerprint density at radius 2 is 2.05 bits per heavy atom. The topological polar surface area (TPSA) is 57.7 Å². The van der Waals surface area contributed by atoms with E-state index in [1.54, 1.807) is 0 Å². The molecular formula is C14H19N5. The number of aromatic amines is 1. The molecule has 0 aliphatic carbocycles. The predicted molar refractivity (Wildman–Crippen MR) is 73.7 cm³/mol. The minimum absolute atomic E-state index is 0.346. The first kappa shape index (κ1) is 12.3. The summed E-state index contributed by atoms with van der Waals surface area (Å²) in [6.07, 6.45) is 2.36. The molecule has 5 nitrogen and oxygen atoms in total. The smallest absolute Gasteiger partial charge is 0.146 e. The summed E-state index contributed by atoms with van der Waals surface area (Å²) < 4.78 is 0. The highest BCUT2D eigenvalue weighted by atomic mass is 15.2. The van der Waals surface area contributed by atoms with Gasteiger partial charge in [-0.05, 0) is 52.4 Å². The van der Waals surface area contributed by atoms with Gasteiger partial charge in [0.05, 0.1) is 11.7 Å². The van der Waals surface area contributed by atoms with Gasteiger partial charge in [-0.15, -0.1) is 0 Å². The second-order valence-electron chi connectivity index (χ2n) is 5.33. The zero-order chi connectivity index (χ0) is 13.4. The third-order valence-corrected chi connectivity index (χ3v) is 3.66. The van der Waals surface area contributed by atoms with Crippen molar-refractivity contribution < 1.29 is 0 Å². The van der Waals surface area contributed by atoms with Crippen LogP contribution in [0.15, 0.2) is 12.1 Å². The van der Waals surface area contributed by atoms with Crippen molar-refractivity contribution in [3.8, 4) is 11.4 Å². The molecule has 1 atom stereocenters. The predicted octanol–water partition coefficient (Wildman–Crippen LogP) is 2.25. The standard InChI is InChI=1S/C14H19N5/c1-9-7-11(12-8-10(2)17-18-12)16-14(15-9)13-5-4-6-19(13)3/h7-8,13H,4-6H2,1-3H3,(H,17,18). The van der Waals surface area contributed by atoms with E-state index >= 15 is 0 Å². The zero-order valence-corrected chi connectivity index (χ0v) is 11.6. The van der Waals surface area contributed by atoms with Gasteiger partial charge in [0.2, 0.25) is 0 Å². The van der Waals surface area contributed by atoms with Crippen LogP contribution >= 0.6 is 0 Å². The molecule has 0 spiro atoms. The molecule has 2 aromatic rings. The minimum Gasteiger partial charge on any atom is -0.296 e. The van der Waals surface area contributed by atoms with Crippen LogP contribution in [-0.2, 0) is 0 Å². The largest absolute Gasteiger partial charge is 0.296 e. The van der Waals surface area contributed by atoms with Crippen LogP contribution in [0.5, 0.6) is 0 Å². The van der Waals surface area contributed by atoms with Crippen LogP contribution in [0.2, 0.25) is 0 Å². The van der Waals surface area contributed by atoms with Crippen molar-refractivity contribution in [2.24, 2.45) is 0 Å². The Hall–Kier alpha value is -1.75. The third-order valence-electron chi connectivity index (χ3n) is 3.66. The molecule has 1 fully saturated rings. The molecule has 0 saturated carbocycles. The van der Waals surface area contributed by atoms with Gasteiger partial charge < -0.3 is 0 Å². The molecule has 2 aromatic heterocycles. The number of H-pyrrole nitrogens is 1. The summed E-state index contributed by atoms with van der Waals surface area (Å²) in [5.41, 5.74) is 3.85. The van der Waals surface area contributed by atoms with E-state index in [9.17, 15) is 0 Å². The maximum absolute atomic E-state index is 4.71. The fraction of sp³-hybridized carbons (Fsp3) is 0.500. The first-order valence-corrected chi connectivity index (χ1v) is 6.71. The fourth-order valence-electron chi connectivity index (χ4n) is 2.66. The Kier molecular flexibility index (Phi) is 3.06. The van der Waals surface area contributed by atoms with Crippen molar-refractivity contribution in [1.29, 1.82) is 0 Å². The first-order chi connectivity index (χ1) is 9.13. The average Bonchev–Trinajstić information content (AvgIpc) is 2.97. The van der Waals surface area contributed by atoms with Gasteiger partial charge >= 0.3 is 0 Å². The van der Waals surface area contributed by atoms with Gasteiger partial charge in [0, 0.05) is 11.4 Å². The monoisotopic (exact) mass is 257 g/mol. The molecule has 3 rings (SSSR count). The van der Waals surface area contributed by atoms with Crippen molar-refractivity contribution in [1.82, 2.24) is 25.1 Å². The van der Waals surface area contributed by atoms with Crippen molar-refractivity contribution in [3.05, 3.63) is 29.3 Å². The second kappa shape index (κ2) is 4.74. The average molecular weight is 257 g/mol. The van der Waals surface area contributed by atoms with Crippen LogP contribution in [0.4, 0.5) is 0 Å². The number of nitrogens with one attached hydrogen (secondary N) is 1. The van der Waals surface area contributed by atoms with Crippen LogP contribution in [0, 0.1) is 13.8 Å². The molecule has 100 valence electrons. The lowest BCUT2D eigenvalue weighted by molar-refractivity contribution is 0.305. The summed E-state index contributed by atoms with van der Waals surface area (Å²) in [6.45, 7) is 5.14. The fourth-order valence-corrected chi connectivity index (χ4v) is 2.66. The molecule has 1 aliphatic heterocycles. The zero-order valence-electron chi connectivity index (χ0n) is 11.6. The lowest BCUT2D eigenvalue weighted by Crippen LogP contribution is -2.20. The molecule has 0 aromatic carbocycles. The lowest BCUT2D eigenvalue weighted by atomic mass is 10.2.